The second-order valence-electron chi connectivity index (χ2n) is 3.27. The van der Waals surface area contributed by atoms with Gasteiger partial charge >= 0.3 is 12.1 Å². The molecule has 0 fully saturated rings. The standard InChI is InChI=1S/C9H6Cl2F5N/c10-5-2-1-4(3-6(5)11)7(17)8(12,13)9(14,15)16/h1-3,7H,17H2. The van der Waals surface area contributed by atoms with E-state index >= 15 is 0 Å². The molecule has 96 valence electrons. The number of nitrogens with two attached hydrogens (primary N) is 1. The van der Waals surface area contributed by atoms with Gasteiger partial charge in [-0.2, -0.15) is 22.0 Å². The predicted molar refractivity (Wildman–Crippen MR) is 54.4 cm³/mol. The Morgan fingerprint density at radius 3 is 1.94 bits per heavy atom. The zero-order chi connectivity index (χ0) is 13.4. The van der Waals surface area contributed by atoms with E-state index in [4.69, 9.17) is 28.9 Å². The Bertz CT molecular complexity index is 418. The minimum Gasteiger partial charge on any atom is -0.319 e. The highest BCUT2D eigenvalue weighted by Gasteiger charge is 2.61. The Morgan fingerprint density at radius 1 is 1.00 bits per heavy atom. The van der Waals surface area contributed by atoms with Crippen LogP contribution >= 0.6 is 23.2 Å². The van der Waals surface area contributed by atoms with Crippen molar-refractivity contribution in [2.24, 2.45) is 5.73 Å². The van der Waals surface area contributed by atoms with Gasteiger partial charge in [-0.25, -0.2) is 0 Å². The normalized spacial score (nSPS) is 14.8. The van der Waals surface area contributed by atoms with Crippen molar-refractivity contribution >= 4 is 23.2 Å². The highest BCUT2D eigenvalue weighted by atomic mass is 35.5. The van der Waals surface area contributed by atoms with Crippen molar-refractivity contribution in [3.63, 3.8) is 0 Å². The second-order valence-corrected chi connectivity index (χ2v) is 4.09. The molecule has 0 aliphatic rings. The summed E-state index contributed by atoms with van der Waals surface area (Å²) in [6.07, 6.45) is -5.72. The van der Waals surface area contributed by atoms with E-state index in [1.165, 1.54) is 0 Å². The van der Waals surface area contributed by atoms with E-state index in [0.717, 1.165) is 18.2 Å². The van der Waals surface area contributed by atoms with E-state index in [1.54, 1.807) is 0 Å². The average Bonchev–Trinajstić information content (AvgIpc) is 2.19. The Kier molecular flexibility index (Phi) is 3.91. The maximum absolute atomic E-state index is 12.9. The zero-order valence-corrected chi connectivity index (χ0v) is 9.54. The fraction of sp³-hybridized carbons (Fsp3) is 0.333. The van der Waals surface area contributed by atoms with E-state index in [1.807, 2.05) is 0 Å². The Hall–Kier alpha value is -0.590. The van der Waals surface area contributed by atoms with E-state index in [0.29, 0.717) is 0 Å². The molecule has 0 amide bonds. The van der Waals surface area contributed by atoms with Crippen LogP contribution in [0.4, 0.5) is 22.0 Å². The molecule has 0 aromatic heterocycles. The van der Waals surface area contributed by atoms with Gasteiger partial charge in [-0.15, -0.1) is 0 Å². The van der Waals surface area contributed by atoms with Crippen LogP contribution in [0.1, 0.15) is 11.6 Å². The first-order valence-electron chi connectivity index (χ1n) is 4.22. The first-order chi connectivity index (χ1) is 7.57. The molecule has 8 heteroatoms. The van der Waals surface area contributed by atoms with Gasteiger partial charge in [-0.1, -0.05) is 29.3 Å². The molecule has 0 saturated carbocycles. The minimum absolute atomic E-state index is 0.0398. The molecular formula is C9H6Cl2F5N. The molecule has 1 nitrogen and oxygen atoms in total. The van der Waals surface area contributed by atoms with Gasteiger partial charge in [0.25, 0.3) is 0 Å². The number of alkyl halides is 5. The van der Waals surface area contributed by atoms with E-state index < -0.39 is 23.7 Å². The van der Waals surface area contributed by atoms with Gasteiger partial charge in [0.1, 0.15) is 6.04 Å². The van der Waals surface area contributed by atoms with Crippen molar-refractivity contribution < 1.29 is 22.0 Å². The van der Waals surface area contributed by atoms with Crippen molar-refractivity contribution in [1.29, 1.82) is 0 Å². The van der Waals surface area contributed by atoms with Crippen molar-refractivity contribution in [2.75, 3.05) is 0 Å². The Morgan fingerprint density at radius 2 is 1.53 bits per heavy atom. The van der Waals surface area contributed by atoms with Gasteiger partial charge in [-0.05, 0) is 17.7 Å². The van der Waals surface area contributed by atoms with Crippen LogP contribution in [0.3, 0.4) is 0 Å². The fourth-order valence-corrected chi connectivity index (χ4v) is 1.40. The van der Waals surface area contributed by atoms with Crippen LogP contribution in [0.25, 0.3) is 0 Å². The molecule has 1 unspecified atom stereocenters. The number of hydrogen-bond acceptors (Lipinski definition) is 1. The van der Waals surface area contributed by atoms with Crippen LogP contribution in [0.5, 0.6) is 0 Å². The van der Waals surface area contributed by atoms with Crippen molar-refractivity contribution in [3.05, 3.63) is 33.8 Å². The Labute approximate surface area is 103 Å². The predicted octanol–water partition coefficient (Wildman–Crippen LogP) is 4.19. The number of hydrogen-bond donors (Lipinski definition) is 1. The lowest BCUT2D eigenvalue weighted by Gasteiger charge is -2.26. The summed E-state index contributed by atoms with van der Waals surface area (Å²) in [7, 11) is 0. The second kappa shape index (κ2) is 4.59. The molecule has 0 radical (unpaired) electrons. The van der Waals surface area contributed by atoms with E-state index in [-0.39, 0.29) is 10.0 Å². The number of benzene rings is 1. The molecule has 0 heterocycles. The van der Waals surface area contributed by atoms with Crippen LogP contribution in [0.15, 0.2) is 18.2 Å². The first kappa shape index (κ1) is 14.5. The maximum Gasteiger partial charge on any atom is 0.455 e. The molecule has 17 heavy (non-hydrogen) atoms. The summed E-state index contributed by atoms with van der Waals surface area (Å²) in [4.78, 5) is 0. The topological polar surface area (TPSA) is 26.0 Å². The third-order valence-electron chi connectivity index (χ3n) is 2.07. The SMILES string of the molecule is NC(c1ccc(Cl)c(Cl)c1)C(F)(F)C(F)(F)F. The zero-order valence-electron chi connectivity index (χ0n) is 8.03. The van der Waals surface area contributed by atoms with Crippen LogP contribution < -0.4 is 5.73 Å². The molecule has 0 aliphatic heterocycles. The molecule has 1 atom stereocenters. The highest BCUT2D eigenvalue weighted by Crippen LogP contribution is 2.43. The van der Waals surface area contributed by atoms with Crippen LogP contribution in [-0.4, -0.2) is 12.1 Å². The van der Waals surface area contributed by atoms with Gasteiger partial charge in [0.05, 0.1) is 10.0 Å². The summed E-state index contributed by atoms with van der Waals surface area (Å²) in [5.74, 6) is -5.04. The first-order valence-corrected chi connectivity index (χ1v) is 4.98. The molecule has 1 rings (SSSR count). The third kappa shape index (κ3) is 2.81. The quantitative estimate of drug-likeness (QED) is 0.813. The Balaban J connectivity index is 3.12. The molecule has 0 aliphatic carbocycles. The van der Waals surface area contributed by atoms with E-state index in [2.05, 4.69) is 0 Å². The van der Waals surface area contributed by atoms with Gasteiger partial charge in [0.15, 0.2) is 0 Å². The van der Waals surface area contributed by atoms with Gasteiger partial charge in [0, 0.05) is 0 Å². The minimum atomic E-state index is -5.72. The highest BCUT2D eigenvalue weighted by molar-refractivity contribution is 6.42. The largest absolute Gasteiger partial charge is 0.455 e. The molecular weight excluding hydrogens is 288 g/mol. The fourth-order valence-electron chi connectivity index (χ4n) is 1.09. The maximum atomic E-state index is 12.9. The third-order valence-corrected chi connectivity index (χ3v) is 2.81. The van der Waals surface area contributed by atoms with Crippen LogP contribution in [0, 0.1) is 0 Å². The summed E-state index contributed by atoms with van der Waals surface area (Å²) in [5.41, 5.74) is 4.46. The smallest absolute Gasteiger partial charge is 0.319 e. The summed E-state index contributed by atoms with van der Waals surface area (Å²) < 4.78 is 62.0. The van der Waals surface area contributed by atoms with Gasteiger partial charge in [0.2, 0.25) is 0 Å². The molecule has 0 saturated heterocycles. The summed E-state index contributed by atoms with van der Waals surface area (Å²) in [6, 6.07) is 0.426. The number of rotatable bonds is 2. The van der Waals surface area contributed by atoms with Crippen molar-refractivity contribution in [1.82, 2.24) is 0 Å². The van der Waals surface area contributed by atoms with Crippen LogP contribution in [-0.2, 0) is 0 Å². The lowest BCUT2D eigenvalue weighted by atomic mass is 10.0. The van der Waals surface area contributed by atoms with Gasteiger partial charge < -0.3 is 5.73 Å². The van der Waals surface area contributed by atoms with Crippen molar-refractivity contribution in [3.8, 4) is 0 Å². The summed E-state index contributed by atoms with van der Waals surface area (Å²) >= 11 is 11.0. The average molecular weight is 294 g/mol. The number of halogens is 7. The molecule has 0 bridgehead atoms. The van der Waals surface area contributed by atoms with Crippen molar-refractivity contribution in [2.45, 2.75) is 18.1 Å². The monoisotopic (exact) mass is 293 g/mol. The van der Waals surface area contributed by atoms with Gasteiger partial charge in [-0.3, -0.25) is 0 Å². The molecule has 0 spiro atoms. The molecule has 1 aromatic rings. The summed E-state index contributed by atoms with van der Waals surface area (Å²) in [5, 5.41) is -0.101. The lowest BCUT2D eigenvalue weighted by molar-refractivity contribution is -0.291. The summed E-state index contributed by atoms with van der Waals surface area (Å²) in [6.45, 7) is 0. The lowest BCUT2D eigenvalue weighted by Crippen LogP contribution is -2.45. The molecule has 2 N–H and O–H groups in total. The van der Waals surface area contributed by atoms with E-state index in [9.17, 15) is 22.0 Å². The molecule has 1 aromatic carbocycles. The van der Waals surface area contributed by atoms with Crippen LogP contribution in [0.2, 0.25) is 10.0 Å².